The molecular weight excluding hydrogens is 180 g/mol. The zero-order chi connectivity index (χ0) is 10.4. The first-order valence-corrected chi connectivity index (χ1v) is 5.09. The molecule has 1 fully saturated rings. The van der Waals surface area contributed by atoms with Gasteiger partial charge < -0.3 is 14.2 Å². The third kappa shape index (κ3) is 4.11. The smallest absolute Gasteiger partial charge is 0.0920 e. The molecule has 82 valence electrons. The number of rotatable bonds is 4. The van der Waals surface area contributed by atoms with Crippen molar-refractivity contribution in [3.8, 4) is 0 Å². The van der Waals surface area contributed by atoms with Crippen molar-refractivity contribution in [3.63, 3.8) is 0 Å². The molecule has 1 heterocycles. The summed E-state index contributed by atoms with van der Waals surface area (Å²) in [6, 6.07) is 0. The van der Waals surface area contributed by atoms with Crippen LogP contribution >= 0.6 is 0 Å². The molecule has 1 unspecified atom stereocenters. The Hall–Kier alpha value is -0.540. The van der Waals surface area contributed by atoms with Crippen LogP contribution in [-0.4, -0.2) is 32.0 Å². The Morgan fingerprint density at radius 3 is 2.79 bits per heavy atom. The maximum atomic E-state index is 5.65. The Morgan fingerprint density at radius 2 is 2.21 bits per heavy atom. The molecule has 1 atom stereocenters. The molecule has 0 aliphatic carbocycles. The van der Waals surface area contributed by atoms with Crippen molar-refractivity contribution in [3.05, 3.63) is 11.8 Å². The van der Waals surface area contributed by atoms with Crippen LogP contribution in [0.2, 0.25) is 0 Å². The minimum Gasteiger partial charge on any atom is -0.501 e. The largest absolute Gasteiger partial charge is 0.501 e. The van der Waals surface area contributed by atoms with Gasteiger partial charge in [-0.25, -0.2) is 0 Å². The van der Waals surface area contributed by atoms with Gasteiger partial charge >= 0.3 is 0 Å². The summed E-state index contributed by atoms with van der Waals surface area (Å²) in [6.07, 6.45) is 2.66. The molecule has 0 aromatic heterocycles. The number of hydrogen-bond acceptors (Lipinski definition) is 3. The molecular formula is C11H20O3. The van der Waals surface area contributed by atoms with E-state index >= 15 is 0 Å². The van der Waals surface area contributed by atoms with Crippen LogP contribution in [0.4, 0.5) is 0 Å². The SMILES string of the molecule is CC(C)=COCCC1(C)COCCO1. The van der Waals surface area contributed by atoms with Crippen LogP contribution < -0.4 is 0 Å². The highest BCUT2D eigenvalue weighted by Gasteiger charge is 2.28. The number of ether oxygens (including phenoxy) is 3. The van der Waals surface area contributed by atoms with E-state index < -0.39 is 0 Å². The molecule has 0 saturated carbocycles. The van der Waals surface area contributed by atoms with Gasteiger partial charge in [-0.1, -0.05) is 0 Å². The Bertz CT molecular complexity index is 189. The molecule has 1 saturated heterocycles. The first-order valence-electron chi connectivity index (χ1n) is 5.09. The lowest BCUT2D eigenvalue weighted by atomic mass is 10.0. The van der Waals surface area contributed by atoms with E-state index in [2.05, 4.69) is 6.92 Å². The molecule has 0 spiro atoms. The van der Waals surface area contributed by atoms with Crippen LogP contribution in [-0.2, 0) is 14.2 Å². The van der Waals surface area contributed by atoms with Crippen molar-refractivity contribution < 1.29 is 14.2 Å². The Morgan fingerprint density at radius 1 is 1.43 bits per heavy atom. The third-order valence-electron chi connectivity index (χ3n) is 2.15. The standard InChI is InChI=1S/C11H20O3/c1-10(2)8-12-5-4-11(3)9-13-6-7-14-11/h8H,4-7,9H2,1-3H3. The Balaban J connectivity index is 2.19. The first kappa shape index (κ1) is 11.5. The highest BCUT2D eigenvalue weighted by atomic mass is 16.6. The van der Waals surface area contributed by atoms with Crippen molar-refractivity contribution >= 4 is 0 Å². The van der Waals surface area contributed by atoms with E-state index in [1.54, 1.807) is 6.26 Å². The Labute approximate surface area is 86.0 Å². The lowest BCUT2D eigenvalue weighted by Gasteiger charge is -2.33. The highest BCUT2D eigenvalue weighted by Crippen LogP contribution is 2.19. The summed E-state index contributed by atoms with van der Waals surface area (Å²) in [5.74, 6) is 0. The maximum absolute atomic E-state index is 5.65. The van der Waals surface area contributed by atoms with Gasteiger partial charge in [0.25, 0.3) is 0 Å². The van der Waals surface area contributed by atoms with Crippen LogP contribution in [0.5, 0.6) is 0 Å². The van der Waals surface area contributed by atoms with Gasteiger partial charge in [-0.2, -0.15) is 0 Å². The molecule has 1 rings (SSSR count). The van der Waals surface area contributed by atoms with Gasteiger partial charge in [0, 0.05) is 6.42 Å². The lowest BCUT2D eigenvalue weighted by Crippen LogP contribution is -2.41. The van der Waals surface area contributed by atoms with Gasteiger partial charge in [0.15, 0.2) is 0 Å². The predicted octanol–water partition coefficient (Wildman–Crippen LogP) is 2.12. The summed E-state index contributed by atoms with van der Waals surface area (Å²) < 4.78 is 16.4. The van der Waals surface area contributed by atoms with E-state index in [4.69, 9.17) is 14.2 Å². The van der Waals surface area contributed by atoms with Gasteiger partial charge in [0.2, 0.25) is 0 Å². The van der Waals surface area contributed by atoms with E-state index in [9.17, 15) is 0 Å². The van der Waals surface area contributed by atoms with Crippen molar-refractivity contribution in [2.24, 2.45) is 0 Å². The van der Waals surface area contributed by atoms with E-state index in [1.807, 2.05) is 13.8 Å². The molecule has 14 heavy (non-hydrogen) atoms. The zero-order valence-electron chi connectivity index (χ0n) is 9.34. The minimum atomic E-state index is -0.159. The quantitative estimate of drug-likeness (QED) is 0.514. The highest BCUT2D eigenvalue weighted by molar-refractivity contribution is 4.86. The van der Waals surface area contributed by atoms with Crippen LogP contribution in [0.1, 0.15) is 27.2 Å². The molecule has 1 aliphatic rings. The van der Waals surface area contributed by atoms with Crippen molar-refractivity contribution in [2.45, 2.75) is 32.8 Å². The fourth-order valence-electron chi connectivity index (χ4n) is 1.32. The summed E-state index contributed by atoms with van der Waals surface area (Å²) in [7, 11) is 0. The average molecular weight is 200 g/mol. The topological polar surface area (TPSA) is 27.7 Å². The van der Waals surface area contributed by atoms with Crippen LogP contribution in [0.3, 0.4) is 0 Å². The number of hydrogen-bond donors (Lipinski definition) is 0. The molecule has 0 aromatic rings. The minimum absolute atomic E-state index is 0.159. The summed E-state index contributed by atoms with van der Waals surface area (Å²) in [4.78, 5) is 0. The van der Waals surface area contributed by atoms with E-state index in [0.29, 0.717) is 26.4 Å². The predicted molar refractivity (Wildman–Crippen MR) is 55.2 cm³/mol. The summed E-state index contributed by atoms with van der Waals surface area (Å²) in [5, 5.41) is 0. The fraction of sp³-hybridized carbons (Fsp3) is 0.818. The van der Waals surface area contributed by atoms with Crippen LogP contribution in [0.15, 0.2) is 11.8 Å². The molecule has 1 aliphatic heterocycles. The van der Waals surface area contributed by atoms with Crippen molar-refractivity contribution in [2.75, 3.05) is 26.4 Å². The van der Waals surface area contributed by atoms with Crippen LogP contribution in [0.25, 0.3) is 0 Å². The second kappa shape index (κ2) is 5.37. The second-order valence-corrected chi connectivity index (χ2v) is 4.17. The van der Waals surface area contributed by atoms with Gasteiger partial charge in [0.05, 0.1) is 38.3 Å². The Kier molecular flexibility index (Phi) is 4.42. The van der Waals surface area contributed by atoms with E-state index in [1.165, 1.54) is 5.57 Å². The molecule has 3 nitrogen and oxygen atoms in total. The number of allylic oxidation sites excluding steroid dienone is 1. The van der Waals surface area contributed by atoms with Crippen molar-refractivity contribution in [1.82, 2.24) is 0 Å². The van der Waals surface area contributed by atoms with Gasteiger partial charge in [-0.3, -0.25) is 0 Å². The molecule has 0 N–H and O–H groups in total. The normalized spacial score (nSPS) is 27.1. The van der Waals surface area contributed by atoms with Gasteiger partial charge in [0.1, 0.15) is 0 Å². The maximum Gasteiger partial charge on any atom is 0.0920 e. The van der Waals surface area contributed by atoms with Gasteiger partial charge in [-0.15, -0.1) is 0 Å². The first-order chi connectivity index (χ1) is 6.62. The molecule has 0 amide bonds. The lowest BCUT2D eigenvalue weighted by molar-refractivity contribution is -0.154. The summed E-state index contributed by atoms with van der Waals surface area (Å²) in [6.45, 7) is 8.86. The fourth-order valence-corrected chi connectivity index (χ4v) is 1.32. The third-order valence-corrected chi connectivity index (χ3v) is 2.15. The summed E-state index contributed by atoms with van der Waals surface area (Å²) in [5.41, 5.74) is 1.02. The van der Waals surface area contributed by atoms with Gasteiger partial charge in [-0.05, 0) is 26.3 Å². The molecule has 3 heteroatoms. The van der Waals surface area contributed by atoms with E-state index in [-0.39, 0.29) is 5.60 Å². The average Bonchev–Trinajstić information content (AvgIpc) is 2.14. The molecule has 0 bridgehead atoms. The monoisotopic (exact) mass is 200 g/mol. The second-order valence-electron chi connectivity index (χ2n) is 4.17. The summed E-state index contributed by atoms with van der Waals surface area (Å²) >= 11 is 0. The van der Waals surface area contributed by atoms with Crippen molar-refractivity contribution in [1.29, 1.82) is 0 Å². The van der Waals surface area contributed by atoms with Crippen LogP contribution in [0, 0.1) is 0 Å². The molecule has 0 aromatic carbocycles. The van der Waals surface area contributed by atoms with E-state index in [0.717, 1.165) is 6.42 Å². The zero-order valence-corrected chi connectivity index (χ0v) is 9.34. The molecule has 0 radical (unpaired) electrons.